The van der Waals surface area contributed by atoms with Crippen molar-refractivity contribution in [3.8, 4) is 0 Å². The summed E-state index contributed by atoms with van der Waals surface area (Å²) >= 11 is 0. The number of aromatic nitrogens is 4. The van der Waals surface area contributed by atoms with E-state index in [0.29, 0.717) is 37.1 Å². The summed E-state index contributed by atoms with van der Waals surface area (Å²) in [5.74, 6) is -0.285. The molecule has 0 aliphatic carbocycles. The van der Waals surface area contributed by atoms with E-state index in [-0.39, 0.29) is 23.7 Å². The minimum Gasteiger partial charge on any atom is -0.358 e. The number of halogens is 1. The fourth-order valence-corrected chi connectivity index (χ4v) is 4.85. The van der Waals surface area contributed by atoms with Crippen LogP contribution in [-0.4, -0.2) is 37.1 Å². The van der Waals surface area contributed by atoms with Gasteiger partial charge in [-0.2, -0.15) is 5.10 Å². The normalized spacial score (nSPS) is 13.9. The van der Waals surface area contributed by atoms with Gasteiger partial charge in [-0.25, -0.2) is 4.39 Å². The number of nitrogens with zero attached hydrogens (tertiary/aromatic N) is 3. The first-order valence-corrected chi connectivity index (χ1v) is 10.4. The second-order valence-corrected chi connectivity index (χ2v) is 8.33. The van der Waals surface area contributed by atoms with E-state index in [4.69, 9.17) is 0 Å². The largest absolute Gasteiger partial charge is 0.358 e. The summed E-state index contributed by atoms with van der Waals surface area (Å²) in [5, 5.41) is 6.16. The average Bonchev–Trinajstić information content (AvgIpc) is 3.23. The average molecular weight is 421 g/mol. The maximum absolute atomic E-state index is 13.7. The van der Waals surface area contributed by atoms with Crippen molar-refractivity contribution in [1.29, 1.82) is 0 Å². The van der Waals surface area contributed by atoms with Crippen molar-refractivity contribution in [2.24, 2.45) is 7.05 Å². The number of pyridine rings is 1. The van der Waals surface area contributed by atoms with Gasteiger partial charge in [0.05, 0.1) is 5.69 Å². The number of carbonyl (C=O) groups excluding carboxylic acids is 1. The number of carbonyl (C=O) groups is 1. The Balaban J connectivity index is 1.37. The van der Waals surface area contributed by atoms with Gasteiger partial charge in [-0.05, 0) is 44.0 Å². The van der Waals surface area contributed by atoms with Gasteiger partial charge in [0.25, 0.3) is 5.56 Å². The molecular weight excluding hydrogens is 397 g/mol. The van der Waals surface area contributed by atoms with Crippen molar-refractivity contribution in [2.75, 3.05) is 6.54 Å². The molecule has 0 radical (unpaired) electrons. The van der Waals surface area contributed by atoms with Crippen LogP contribution in [0.15, 0.2) is 23.0 Å². The van der Waals surface area contributed by atoms with Crippen LogP contribution in [0.25, 0.3) is 21.9 Å². The van der Waals surface area contributed by atoms with Gasteiger partial charge in [-0.1, -0.05) is 0 Å². The van der Waals surface area contributed by atoms with E-state index in [1.54, 1.807) is 22.7 Å². The SMILES string of the molecule is Cc1nn(C)c2[nH]c(=O)c(CCC(=O)N3CCc4[nH]c5ccc(F)cc5c4C3)c(C)c12. The van der Waals surface area contributed by atoms with Crippen LogP contribution in [-0.2, 0) is 31.2 Å². The van der Waals surface area contributed by atoms with Crippen molar-refractivity contribution >= 4 is 27.8 Å². The lowest BCUT2D eigenvalue weighted by molar-refractivity contribution is -0.132. The van der Waals surface area contributed by atoms with Gasteiger partial charge < -0.3 is 14.9 Å². The van der Waals surface area contributed by atoms with Gasteiger partial charge in [-0.3, -0.25) is 14.3 Å². The number of fused-ring (bicyclic) bond motifs is 4. The molecule has 3 aromatic heterocycles. The zero-order valence-electron chi connectivity index (χ0n) is 17.8. The molecule has 31 heavy (non-hydrogen) atoms. The van der Waals surface area contributed by atoms with E-state index >= 15 is 0 Å². The fraction of sp³-hybridized carbons (Fsp3) is 0.348. The number of nitrogens with one attached hydrogen (secondary N) is 2. The molecule has 0 spiro atoms. The van der Waals surface area contributed by atoms with Crippen LogP contribution in [0, 0.1) is 19.7 Å². The van der Waals surface area contributed by atoms with E-state index < -0.39 is 0 Å². The molecule has 0 bridgehead atoms. The Hall–Kier alpha value is -3.42. The predicted molar refractivity (Wildman–Crippen MR) is 117 cm³/mol. The smallest absolute Gasteiger partial charge is 0.253 e. The minimum atomic E-state index is -0.284. The Morgan fingerprint density at radius 2 is 2.06 bits per heavy atom. The van der Waals surface area contributed by atoms with Gasteiger partial charge >= 0.3 is 0 Å². The Morgan fingerprint density at radius 1 is 1.26 bits per heavy atom. The van der Waals surface area contributed by atoms with Crippen LogP contribution >= 0.6 is 0 Å². The highest BCUT2D eigenvalue weighted by Crippen LogP contribution is 2.29. The van der Waals surface area contributed by atoms with Crippen LogP contribution in [0.2, 0.25) is 0 Å². The van der Waals surface area contributed by atoms with Crippen molar-refractivity contribution < 1.29 is 9.18 Å². The Bertz CT molecular complexity index is 1410. The van der Waals surface area contributed by atoms with Crippen molar-refractivity contribution in [3.05, 3.63) is 62.4 Å². The lowest BCUT2D eigenvalue weighted by Gasteiger charge is -2.27. The summed E-state index contributed by atoms with van der Waals surface area (Å²) in [5.41, 5.74) is 5.83. The van der Waals surface area contributed by atoms with E-state index in [1.807, 2.05) is 13.8 Å². The number of H-pyrrole nitrogens is 2. The molecule has 0 fully saturated rings. The van der Waals surface area contributed by atoms with Crippen LogP contribution in [0.5, 0.6) is 0 Å². The van der Waals surface area contributed by atoms with E-state index in [9.17, 15) is 14.0 Å². The molecule has 1 amide bonds. The van der Waals surface area contributed by atoms with Gasteiger partial charge in [0.2, 0.25) is 5.91 Å². The number of hydrogen-bond donors (Lipinski definition) is 2. The van der Waals surface area contributed by atoms with Crippen molar-refractivity contribution in [1.82, 2.24) is 24.6 Å². The van der Waals surface area contributed by atoms with Gasteiger partial charge in [-0.15, -0.1) is 0 Å². The van der Waals surface area contributed by atoms with E-state index in [2.05, 4.69) is 15.1 Å². The lowest BCUT2D eigenvalue weighted by Crippen LogP contribution is -2.36. The third-order valence-electron chi connectivity index (χ3n) is 6.43. The molecule has 1 aromatic carbocycles. The molecule has 2 N–H and O–H groups in total. The van der Waals surface area contributed by atoms with Crippen LogP contribution in [0.3, 0.4) is 0 Å². The second kappa shape index (κ2) is 7.08. The molecule has 7 nitrogen and oxygen atoms in total. The number of rotatable bonds is 3. The molecule has 0 unspecified atom stereocenters. The number of aromatic amines is 2. The summed E-state index contributed by atoms with van der Waals surface area (Å²) in [6.45, 7) is 4.89. The monoisotopic (exact) mass is 421 g/mol. The molecule has 4 aromatic rings. The highest BCUT2D eigenvalue weighted by molar-refractivity contribution is 5.86. The molecule has 1 aliphatic rings. The van der Waals surface area contributed by atoms with Crippen LogP contribution in [0.1, 0.15) is 34.5 Å². The summed E-state index contributed by atoms with van der Waals surface area (Å²) in [7, 11) is 1.80. The molecule has 1 aliphatic heterocycles. The van der Waals surface area contributed by atoms with E-state index in [0.717, 1.165) is 38.8 Å². The van der Waals surface area contributed by atoms with Crippen molar-refractivity contribution in [3.63, 3.8) is 0 Å². The molecule has 0 atom stereocenters. The quantitative estimate of drug-likeness (QED) is 0.533. The number of benzene rings is 1. The van der Waals surface area contributed by atoms with Gasteiger partial charge in [0, 0.05) is 66.1 Å². The molecule has 160 valence electrons. The zero-order valence-corrected chi connectivity index (χ0v) is 17.8. The highest BCUT2D eigenvalue weighted by Gasteiger charge is 2.25. The maximum Gasteiger partial charge on any atom is 0.253 e. The minimum absolute atomic E-state index is 0.00166. The van der Waals surface area contributed by atoms with Crippen LogP contribution in [0.4, 0.5) is 4.39 Å². The Kier molecular flexibility index (Phi) is 4.46. The van der Waals surface area contributed by atoms with Gasteiger partial charge in [0.15, 0.2) is 0 Å². The Labute approximate surface area is 177 Å². The second-order valence-electron chi connectivity index (χ2n) is 8.33. The van der Waals surface area contributed by atoms with Crippen LogP contribution < -0.4 is 5.56 Å². The molecule has 0 saturated heterocycles. The summed E-state index contributed by atoms with van der Waals surface area (Å²) < 4.78 is 15.4. The first-order valence-electron chi connectivity index (χ1n) is 10.4. The number of amides is 1. The molecule has 0 saturated carbocycles. The molecule has 5 rings (SSSR count). The summed E-state index contributed by atoms with van der Waals surface area (Å²) in [4.78, 5) is 33.7. The third kappa shape index (κ3) is 3.13. The summed E-state index contributed by atoms with van der Waals surface area (Å²) in [6.07, 6.45) is 1.33. The zero-order chi connectivity index (χ0) is 21.9. The first kappa shape index (κ1) is 19.5. The molecular formula is C23H24FN5O2. The topological polar surface area (TPSA) is 86.8 Å². The number of hydrogen-bond acceptors (Lipinski definition) is 3. The fourth-order valence-electron chi connectivity index (χ4n) is 4.85. The van der Waals surface area contributed by atoms with E-state index in [1.165, 1.54) is 12.1 Å². The first-order chi connectivity index (χ1) is 14.8. The Morgan fingerprint density at radius 3 is 2.87 bits per heavy atom. The number of aryl methyl sites for hydroxylation is 3. The molecule has 4 heterocycles. The predicted octanol–water partition coefficient (Wildman–Crippen LogP) is 3.02. The molecule has 8 heteroatoms. The van der Waals surface area contributed by atoms with Crippen molar-refractivity contribution in [2.45, 2.75) is 39.7 Å². The summed E-state index contributed by atoms with van der Waals surface area (Å²) in [6, 6.07) is 4.70. The van der Waals surface area contributed by atoms with Gasteiger partial charge in [0.1, 0.15) is 11.5 Å². The standard InChI is InChI=1S/C23H24FN5O2/c1-12-15(23(31)26-22-21(12)13(2)27-28(22)3)5-7-20(30)29-9-8-19-17(11-29)16-10-14(24)4-6-18(16)25-19/h4,6,10,25H,5,7-9,11H2,1-3H3,(H,26,31). The third-order valence-corrected chi connectivity index (χ3v) is 6.43. The highest BCUT2D eigenvalue weighted by atomic mass is 19.1. The lowest BCUT2D eigenvalue weighted by atomic mass is 10.0. The maximum atomic E-state index is 13.7.